The van der Waals surface area contributed by atoms with Gasteiger partial charge in [-0.3, -0.25) is 4.39 Å². The smallest absolute Gasteiger partial charge is 0.119 e. The van der Waals surface area contributed by atoms with Crippen LogP contribution in [-0.2, 0) is 6.42 Å². The van der Waals surface area contributed by atoms with Gasteiger partial charge in [-0.1, -0.05) is 48.5 Å². The summed E-state index contributed by atoms with van der Waals surface area (Å²) in [5.41, 5.74) is 5.14. The van der Waals surface area contributed by atoms with Gasteiger partial charge in [0.2, 0.25) is 0 Å². The molecule has 0 fully saturated rings. The first-order valence-corrected chi connectivity index (χ1v) is 11.1. The minimum absolute atomic E-state index is 0.239. The number of phenols is 1. The first-order valence-electron chi connectivity index (χ1n) is 11.1. The van der Waals surface area contributed by atoms with Gasteiger partial charge in [0.1, 0.15) is 18.1 Å². The van der Waals surface area contributed by atoms with Crippen LogP contribution in [0.4, 0.5) is 4.39 Å². The maximum absolute atomic E-state index is 12.1. The molecule has 0 radical (unpaired) electrons. The fourth-order valence-corrected chi connectivity index (χ4v) is 4.61. The van der Waals surface area contributed by atoms with Crippen LogP contribution in [0, 0.1) is 0 Å². The number of benzene rings is 3. The first-order chi connectivity index (χ1) is 15.3. The molecule has 0 aromatic heterocycles. The third-order valence-electron chi connectivity index (χ3n) is 6.09. The van der Waals surface area contributed by atoms with E-state index in [1.807, 2.05) is 18.2 Å². The average molecular weight is 420 g/mol. The maximum Gasteiger partial charge on any atom is 0.119 e. The molecular formula is C27H30FNO2. The van der Waals surface area contributed by atoms with Crippen molar-refractivity contribution in [2.75, 3.05) is 26.4 Å². The number of aryl methyl sites for hydroxylation is 1. The molecule has 3 nitrogen and oxygen atoms in total. The van der Waals surface area contributed by atoms with Crippen molar-refractivity contribution in [2.45, 2.75) is 31.1 Å². The summed E-state index contributed by atoms with van der Waals surface area (Å²) in [6, 6.07) is 24.9. The number of hydrogen-bond acceptors (Lipinski definition) is 3. The number of alkyl halides is 1. The van der Waals surface area contributed by atoms with Crippen LogP contribution in [0.2, 0.25) is 0 Å². The predicted molar refractivity (Wildman–Crippen MR) is 123 cm³/mol. The van der Waals surface area contributed by atoms with E-state index in [-0.39, 0.29) is 12.6 Å². The van der Waals surface area contributed by atoms with Crippen LogP contribution in [0.3, 0.4) is 0 Å². The van der Waals surface area contributed by atoms with Crippen molar-refractivity contribution in [1.29, 1.82) is 0 Å². The van der Waals surface area contributed by atoms with E-state index in [2.05, 4.69) is 53.8 Å². The molecule has 162 valence electrons. The van der Waals surface area contributed by atoms with E-state index in [4.69, 9.17) is 4.74 Å². The van der Waals surface area contributed by atoms with Crippen molar-refractivity contribution in [1.82, 2.24) is 5.32 Å². The van der Waals surface area contributed by atoms with Gasteiger partial charge in [0.15, 0.2) is 0 Å². The zero-order valence-corrected chi connectivity index (χ0v) is 17.8. The van der Waals surface area contributed by atoms with E-state index in [1.54, 1.807) is 6.07 Å². The molecule has 0 aliphatic heterocycles. The van der Waals surface area contributed by atoms with Gasteiger partial charge in [0, 0.05) is 12.5 Å². The summed E-state index contributed by atoms with van der Waals surface area (Å²) in [5.74, 6) is 1.81. The third kappa shape index (κ3) is 5.26. The Hall–Kier alpha value is -2.85. The first kappa shape index (κ1) is 21.4. The molecular weight excluding hydrogens is 389 g/mol. The molecule has 0 saturated heterocycles. The molecule has 4 rings (SSSR count). The van der Waals surface area contributed by atoms with E-state index in [0.717, 1.165) is 18.6 Å². The van der Waals surface area contributed by atoms with Gasteiger partial charge in [-0.25, -0.2) is 0 Å². The molecule has 31 heavy (non-hydrogen) atoms. The Kier molecular flexibility index (Phi) is 7.21. The molecule has 4 heteroatoms. The highest BCUT2D eigenvalue weighted by Gasteiger charge is 2.32. The highest BCUT2D eigenvalue weighted by atomic mass is 19.1. The zero-order chi connectivity index (χ0) is 21.5. The molecule has 2 atom stereocenters. The SMILES string of the molecule is Oc1ccc2c(c1)CC[C@@H](c1ccccc1)[C@H]2c1ccc(OCCNCCCF)cc1. The monoisotopic (exact) mass is 419 g/mol. The number of rotatable bonds is 9. The van der Waals surface area contributed by atoms with Crippen molar-refractivity contribution in [2.24, 2.45) is 0 Å². The summed E-state index contributed by atoms with van der Waals surface area (Å²) in [6.45, 7) is 1.65. The molecule has 3 aromatic rings. The molecule has 0 saturated carbocycles. The van der Waals surface area contributed by atoms with Gasteiger partial charge in [-0.15, -0.1) is 0 Å². The average Bonchev–Trinajstić information content (AvgIpc) is 2.81. The van der Waals surface area contributed by atoms with Gasteiger partial charge >= 0.3 is 0 Å². The second-order valence-electron chi connectivity index (χ2n) is 8.13. The Morgan fingerprint density at radius 3 is 2.52 bits per heavy atom. The summed E-state index contributed by atoms with van der Waals surface area (Å²) >= 11 is 0. The van der Waals surface area contributed by atoms with Crippen molar-refractivity contribution in [3.63, 3.8) is 0 Å². The Bertz CT molecular complexity index is 959. The number of nitrogens with one attached hydrogen (secondary N) is 1. The number of halogens is 1. The van der Waals surface area contributed by atoms with Crippen LogP contribution in [0.15, 0.2) is 72.8 Å². The molecule has 1 aliphatic rings. The van der Waals surface area contributed by atoms with Gasteiger partial charge < -0.3 is 15.2 Å². The molecule has 0 amide bonds. The minimum Gasteiger partial charge on any atom is -0.508 e. The fraction of sp³-hybridized carbons (Fsp3) is 0.333. The Morgan fingerprint density at radius 1 is 0.935 bits per heavy atom. The van der Waals surface area contributed by atoms with Crippen molar-refractivity contribution >= 4 is 0 Å². The molecule has 2 N–H and O–H groups in total. The minimum atomic E-state index is -0.288. The topological polar surface area (TPSA) is 41.5 Å². The number of phenolic OH excluding ortho intramolecular Hbond substituents is 1. The lowest BCUT2D eigenvalue weighted by atomic mass is 9.69. The number of hydrogen-bond donors (Lipinski definition) is 2. The molecule has 0 unspecified atom stereocenters. The summed E-state index contributed by atoms with van der Waals surface area (Å²) < 4.78 is 18.0. The highest BCUT2D eigenvalue weighted by molar-refractivity contribution is 5.48. The summed E-state index contributed by atoms with van der Waals surface area (Å²) in [4.78, 5) is 0. The van der Waals surface area contributed by atoms with Gasteiger partial charge in [0.25, 0.3) is 0 Å². The molecule has 0 bridgehead atoms. The lowest BCUT2D eigenvalue weighted by molar-refractivity contribution is 0.312. The molecule has 0 heterocycles. The third-order valence-corrected chi connectivity index (χ3v) is 6.09. The van der Waals surface area contributed by atoms with Crippen molar-refractivity contribution < 1.29 is 14.2 Å². The van der Waals surface area contributed by atoms with E-state index in [9.17, 15) is 9.50 Å². The van der Waals surface area contributed by atoms with Crippen LogP contribution in [-0.4, -0.2) is 31.5 Å². The summed E-state index contributed by atoms with van der Waals surface area (Å²) in [7, 11) is 0. The lowest BCUT2D eigenvalue weighted by Crippen LogP contribution is -2.22. The number of aromatic hydroxyl groups is 1. The second kappa shape index (κ2) is 10.5. The van der Waals surface area contributed by atoms with Crippen LogP contribution in [0.25, 0.3) is 0 Å². The molecule has 0 spiro atoms. The summed E-state index contributed by atoms with van der Waals surface area (Å²) in [6.07, 6.45) is 2.56. The maximum atomic E-state index is 12.1. The largest absolute Gasteiger partial charge is 0.508 e. The van der Waals surface area contributed by atoms with Crippen molar-refractivity contribution in [3.05, 3.63) is 95.1 Å². The zero-order valence-electron chi connectivity index (χ0n) is 17.8. The predicted octanol–water partition coefficient (Wildman–Crippen LogP) is 5.58. The molecule has 1 aliphatic carbocycles. The number of ether oxygens (including phenoxy) is 1. The molecule has 3 aromatic carbocycles. The summed E-state index contributed by atoms with van der Waals surface area (Å²) in [5, 5.41) is 13.1. The van der Waals surface area contributed by atoms with Crippen LogP contribution in [0.5, 0.6) is 11.5 Å². The Morgan fingerprint density at radius 2 is 1.74 bits per heavy atom. The van der Waals surface area contributed by atoms with Crippen LogP contribution >= 0.6 is 0 Å². The van der Waals surface area contributed by atoms with E-state index in [0.29, 0.717) is 37.8 Å². The Balaban J connectivity index is 1.53. The van der Waals surface area contributed by atoms with Crippen molar-refractivity contribution in [3.8, 4) is 11.5 Å². The van der Waals surface area contributed by atoms with Crippen LogP contribution < -0.4 is 10.1 Å². The van der Waals surface area contributed by atoms with Gasteiger partial charge in [-0.05, 0) is 78.2 Å². The van der Waals surface area contributed by atoms with Gasteiger partial charge in [-0.2, -0.15) is 0 Å². The van der Waals surface area contributed by atoms with E-state index in [1.165, 1.54) is 22.3 Å². The second-order valence-corrected chi connectivity index (χ2v) is 8.13. The fourth-order valence-electron chi connectivity index (χ4n) is 4.61. The van der Waals surface area contributed by atoms with Crippen LogP contribution in [0.1, 0.15) is 46.9 Å². The number of fused-ring (bicyclic) bond motifs is 1. The standard InChI is InChI=1S/C27H30FNO2/c28-15-4-16-29-17-18-31-24-11-7-21(8-12-24)27-25(20-5-2-1-3-6-20)13-9-22-19-23(30)10-14-26(22)27/h1-3,5-8,10-12,14,19,25,27,29-30H,4,9,13,15-18H2/t25-,27+/m0/s1. The Labute approximate surface area is 183 Å². The normalized spacial score (nSPS) is 17.8. The van der Waals surface area contributed by atoms with E-state index >= 15 is 0 Å². The highest BCUT2D eigenvalue weighted by Crippen LogP contribution is 2.47. The van der Waals surface area contributed by atoms with Gasteiger partial charge in [0.05, 0.1) is 6.67 Å². The van der Waals surface area contributed by atoms with E-state index < -0.39 is 0 Å². The quantitative estimate of drug-likeness (QED) is 0.445. The lowest BCUT2D eigenvalue weighted by Gasteiger charge is -2.34.